The molecule has 1 saturated carbocycles. The van der Waals surface area contributed by atoms with Crippen LogP contribution in [-0.4, -0.2) is 33.5 Å². The Balaban J connectivity index is 1.64. The van der Waals surface area contributed by atoms with E-state index in [1.54, 1.807) is 36.4 Å². The molecule has 1 saturated heterocycles. The van der Waals surface area contributed by atoms with Crippen LogP contribution in [-0.2, 0) is 10.0 Å². The lowest BCUT2D eigenvalue weighted by Crippen LogP contribution is -2.32. The van der Waals surface area contributed by atoms with E-state index < -0.39 is 10.0 Å². The Hall–Kier alpha value is -2.54. The van der Waals surface area contributed by atoms with Crippen LogP contribution >= 0.6 is 0 Å². The SMILES string of the molecule is Cc1ccc(S(=O)(=O)Nc2cc(C(=O)NC3CCCC3)ccc2N2CCCC2)cc1. The van der Waals surface area contributed by atoms with E-state index in [2.05, 4.69) is 14.9 Å². The molecule has 2 aromatic carbocycles. The smallest absolute Gasteiger partial charge is 0.261 e. The van der Waals surface area contributed by atoms with Crippen molar-refractivity contribution < 1.29 is 13.2 Å². The molecule has 0 spiro atoms. The van der Waals surface area contributed by atoms with E-state index in [0.29, 0.717) is 11.3 Å². The molecule has 4 rings (SSSR count). The maximum absolute atomic E-state index is 13.0. The molecular formula is C23H29N3O3S. The van der Waals surface area contributed by atoms with E-state index in [1.807, 2.05) is 13.0 Å². The molecule has 2 aromatic rings. The number of aryl methyl sites for hydroxylation is 1. The van der Waals surface area contributed by atoms with E-state index in [-0.39, 0.29) is 16.8 Å². The molecule has 1 amide bonds. The topological polar surface area (TPSA) is 78.5 Å². The summed E-state index contributed by atoms with van der Waals surface area (Å²) in [7, 11) is -3.76. The zero-order valence-corrected chi connectivity index (χ0v) is 18.2. The summed E-state index contributed by atoms with van der Waals surface area (Å²) in [4.78, 5) is 15.1. The third-order valence-corrected chi connectivity index (χ3v) is 7.35. The Morgan fingerprint density at radius 1 is 0.967 bits per heavy atom. The number of nitrogens with one attached hydrogen (secondary N) is 2. The third-order valence-electron chi connectivity index (χ3n) is 5.97. The van der Waals surface area contributed by atoms with Crippen LogP contribution in [0.1, 0.15) is 54.4 Å². The van der Waals surface area contributed by atoms with Crippen LogP contribution in [0.15, 0.2) is 47.4 Å². The predicted octanol–water partition coefficient (Wildman–Crippen LogP) is 4.07. The maximum Gasteiger partial charge on any atom is 0.261 e. The number of amides is 1. The van der Waals surface area contributed by atoms with Crippen LogP contribution < -0.4 is 14.9 Å². The summed E-state index contributed by atoms with van der Waals surface area (Å²) in [6.07, 6.45) is 6.44. The van der Waals surface area contributed by atoms with Crippen LogP contribution in [0.5, 0.6) is 0 Å². The van der Waals surface area contributed by atoms with Crippen molar-refractivity contribution in [3.05, 3.63) is 53.6 Å². The first-order valence-corrected chi connectivity index (χ1v) is 12.2. The molecule has 0 unspecified atom stereocenters. The second-order valence-electron chi connectivity index (χ2n) is 8.30. The highest BCUT2D eigenvalue weighted by Gasteiger charge is 2.23. The quantitative estimate of drug-likeness (QED) is 0.728. The fourth-order valence-electron chi connectivity index (χ4n) is 4.25. The van der Waals surface area contributed by atoms with Gasteiger partial charge in [0.15, 0.2) is 0 Å². The van der Waals surface area contributed by atoms with E-state index in [4.69, 9.17) is 0 Å². The summed E-state index contributed by atoms with van der Waals surface area (Å²) >= 11 is 0. The Bertz CT molecular complexity index is 1010. The highest BCUT2D eigenvalue weighted by Crippen LogP contribution is 2.32. The molecule has 0 radical (unpaired) electrons. The van der Waals surface area contributed by atoms with Gasteiger partial charge in [-0.15, -0.1) is 0 Å². The van der Waals surface area contributed by atoms with Crippen LogP contribution in [0.4, 0.5) is 11.4 Å². The van der Waals surface area contributed by atoms with Crippen molar-refractivity contribution >= 4 is 27.3 Å². The van der Waals surface area contributed by atoms with Crippen LogP contribution in [0.25, 0.3) is 0 Å². The molecular weight excluding hydrogens is 398 g/mol. The molecule has 0 atom stereocenters. The number of benzene rings is 2. The average Bonchev–Trinajstić information content (AvgIpc) is 3.42. The molecule has 1 aliphatic carbocycles. The van der Waals surface area contributed by atoms with Gasteiger partial charge in [-0.3, -0.25) is 9.52 Å². The van der Waals surface area contributed by atoms with E-state index in [9.17, 15) is 13.2 Å². The maximum atomic E-state index is 13.0. The van der Waals surface area contributed by atoms with Gasteiger partial charge >= 0.3 is 0 Å². The lowest BCUT2D eigenvalue weighted by Gasteiger charge is -2.23. The molecule has 160 valence electrons. The van der Waals surface area contributed by atoms with Gasteiger partial charge in [-0.2, -0.15) is 0 Å². The fourth-order valence-corrected chi connectivity index (χ4v) is 5.32. The summed E-state index contributed by atoms with van der Waals surface area (Å²) in [5.74, 6) is -0.148. The van der Waals surface area contributed by atoms with Crippen molar-refractivity contribution in [2.75, 3.05) is 22.7 Å². The van der Waals surface area contributed by atoms with E-state index >= 15 is 0 Å². The third kappa shape index (κ3) is 4.61. The largest absolute Gasteiger partial charge is 0.370 e. The first-order chi connectivity index (χ1) is 14.4. The van der Waals surface area contributed by atoms with Gasteiger partial charge in [-0.1, -0.05) is 30.5 Å². The minimum atomic E-state index is -3.76. The zero-order valence-electron chi connectivity index (χ0n) is 17.4. The zero-order chi connectivity index (χ0) is 21.1. The lowest BCUT2D eigenvalue weighted by atomic mass is 10.1. The summed E-state index contributed by atoms with van der Waals surface area (Å²) in [6, 6.07) is 12.3. The summed E-state index contributed by atoms with van der Waals surface area (Å²) in [5, 5.41) is 3.08. The molecule has 1 heterocycles. The first kappa shape index (κ1) is 20.7. The average molecular weight is 428 g/mol. The van der Waals surface area contributed by atoms with Gasteiger partial charge in [0.05, 0.1) is 16.3 Å². The van der Waals surface area contributed by atoms with Gasteiger partial charge < -0.3 is 10.2 Å². The highest BCUT2D eigenvalue weighted by atomic mass is 32.2. The molecule has 2 fully saturated rings. The molecule has 2 N–H and O–H groups in total. The Morgan fingerprint density at radius 3 is 2.30 bits per heavy atom. The molecule has 7 heteroatoms. The standard InChI is InChI=1S/C23H29N3O3S/c1-17-8-11-20(12-9-17)30(28,29)25-21-16-18(23(27)24-19-6-2-3-7-19)10-13-22(21)26-14-4-5-15-26/h8-13,16,19,25H,2-7,14-15H2,1H3,(H,24,27). The Labute approximate surface area is 178 Å². The Kier molecular flexibility index (Phi) is 5.99. The minimum absolute atomic E-state index is 0.148. The van der Waals surface area contributed by atoms with Gasteiger partial charge in [0.1, 0.15) is 0 Å². The number of sulfonamides is 1. The lowest BCUT2D eigenvalue weighted by molar-refractivity contribution is 0.0938. The van der Waals surface area contributed by atoms with Gasteiger partial charge in [-0.05, 0) is 62.9 Å². The summed E-state index contributed by atoms with van der Waals surface area (Å²) in [6.45, 7) is 3.68. The number of hydrogen-bond acceptors (Lipinski definition) is 4. The van der Waals surface area contributed by atoms with Crippen molar-refractivity contribution in [1.29, 1.82) is 0 Å². The second-order valence-corrected chi connectivity index (χ2v) is 9.98. The van der Waals surface area contributed by atoms with Crippen molar-refractivity contribution in [3.63, 3.8) is 0 Å². The van der Waals surface area contributed by atoms with Crippen LogP contribution in [0, 0.1) is 6.92 Å². The molecule has 2 aliphatic rings. The van der Waals surface area contributed by atoms with Crippen molar-refractivity contribution in [1.82, 2.24) is 5.32 Å². The monoisotopic (exact) mass is 427 g/mol. The van der Waals surface area contributed by atoms with Crippen molar-refractivity contribution in [2.45, 2.75) is 56.4 Å². The van der Waals surface area contributed by atoms with Crippen molar-refractivity contribution in [2.24, 2.45) is 0 Å². The van der Waals surface area contributed by atoms with Crippen LogP contribution in [0.3, 0.4) is 0 Å². The van der Waals surface area contributed by atoms with Gasteiger partial charge in [0.2, 0.25) is 0 Å². The molecule has 30 heavy (non-hydrogen) atoms. The number of rotatable bonds is 6. The number of carbonyl (C=O) groups excluding carboxylic acids is 1. The molecule has 0 bridgehead atoms. The number of nitrogens with zero attached hydrogens (tertiary/aromatic N) is 1. The van der Waals surface area contributed by atoms with Gasteiger partial charge in [0, 0.05) is 24.7 Å². The predicted molar refractivity (Wildman–Crippen MR) is 120 cm³/mol. The number of anilines is 2. The van der Waals surface area contributed by atoms with E-state index in [1.165, 1.54) is 0 Å². The molecule has 0 aromatic heterocycles. The van der Waals surface area contributed by atoms with Crippen LogP contribution in [0.2, 0.25) is 0 Å². The Morgan fingerprint density at radius 2 is 1.63 bits per heavy atom. The first-order valence-electron chi connectivity index (χ1n) is 10.7. The minimum Gasteiger partial charge on any atom is -0.370 e. The number of carbonyl (C=O) groups is 1. The highest BCUT2D eigenvalue weighted by molar-refractivity contribution is 7.92. The van der Waals surface area contributed by atoms with Gasteiger partial charge in [0.25, 0.3) is 15.9 Å². The van der Waals surface area contributed by atoms with Gasteiger partial charge in [-0.25, -0.2) is 8.42 Å². The normalized spacial score (nSPS) is 17.3. The summed E-state index contributed by atoms with van der Waals surface area (Å²) < 4.78 is 28.8. The fraction of sp³-hybridized carbons (Fsp3) is 0.435. The van der Waals surface area contributed by atoms with Crippen molar-refractivity contribution in [3.8, 4) is 0 Å². The summed E-state index contributed by atoms with van der Waals surface area (Å²) in [5.41, 5.74) is 2.75. The number of hydrogen-bond donors (Lipinski definition) is 2. The molecule has 6 nitrogen and oxygen atoms in total. The second kappa shape index (κ2) is 8.68. The molecule has 1 aliphatic heterocycles. The van der Waals surface area contributed by atoms with E-state index in [0.717, 1.165) is 62.9 Å².